The lowest BCUT2D eigenvalue weighted by atomic mass is 9.99. The lowest BCUT2D eigenvalue weighted by Gasteiger charge is -2.13. The Balaban J connectivity index is 1.81. The zero-order valence-electron chi connectivity index (χ0n) is 12.0. The number of halogens is 2. The summed E-state index contributed by atoms with van der Waals surface area (Å²) in [5.41, 5.74) is 3.63. The van der Waals surface area contributed by atoms with Crippen LogP contribution in [-0.4, -0.2) is 26.7 Å². The summed E-state index contributed by atoms with van der Waals surface area (Å²) >= 11 is 0. The first-order valence-electron chi connectivity index (χ1n) is 7.25. The lowest BCUT2D eigenvalue weighted by molar-refractivity contribution is -0.0498. The van der Waals surface area contributed by atoms with Crippen molar-refractivity contribution in [3.63, 3.8) is 0 Å². The van der Waals surface area contributed by atoms with Crippen LogP contribution in [0.2, 0.25) is 0 Å². The predicted octanol–water partition coefficient (Wildman–Crippen LogP) is 3.77. The molecule has 0 bridgehead atoms. The highest BCUT2D eigenvalue weighted by Gasteiger charge is 2.33. The van der Waals surface area contributed by atoms with Crippen LogP contribution in [0, 0.1) is 0 Å². The van der Waals surface area contributed by atoms with Crippen molar-refractivity contribution in [1.82, 2.24) is 14.9 Å². The van der Waals surface area contributed by atoms with E-state index in [-0.39, 0.29) is 5.75 Å². The van der Waals surface area contributed by atoms with Gasteiger partial charge >= 0.3 is 6.61 Å². The Kier molecular flexibility index (Phi) is 3.14. The molecule has 0 aromatic heterocycles. The number of benzene rings is 1. The summed E-state index contributed by atoms with van der Waals surface area (Å²) in [6.07, 6.45) is 3.62. The van der Waals surface area contributed by atoms with Gasteiger partial charge in [0.05, 0.1) is 22.6 Å². The minimum Gasteiger partial charge on any atom is -0.435 e. The van der Waals surface area contributed by atoms with E-state index in [9.17, 15) is 14.0 Å². The van der Waals surface area contributed by atoms with Gasteiger partial charge < -0.3 is 9.94 Å². The summed E-state index contributed by atoms with van der Waals surface area (Å²) in [5.74, 6) is 0.448. The third kappa shape index (κ3) is 2.48. The molecule has 23 heavy (non-hydrogen) atoms. The lowest BCUT2D eigenvalue weighted by Crippen LogP contribution is -2.03. The smallest absolute Gasteiger partial charge is 0.387 e. The fourth-order valence-corrected chi connectivity index (χ4v) is 2.74. The zero-order chi connectivity index (χ0) is 16.0. The second-order valence-corrected chi connectivity index (χ2v) is 5.53. The summed E-state index contributed by atoms with van der Waals surface area (Å²) < 4.78 is 29.8. The Labute approximate surface area is 130 Å². The number of alkyl halides is 2. The SMILES string of the molecule is On1ccc2nnc(C3CC3)c-2c1-c1ccc(OC(F)F)cc1. The highest BCUT2D eigenvalue weighted by molar-refractivity contribution is 5.82. The van der Waals surface area contributed by atoms with Crippen LogP contribution >= 0.6 is 0 Å². The van der Waals surface area contributed by atoms with Crippen molar-refractivity contribution < 1.29 is 18.7 Å². The van der Waals surface area contributed by atoms with Gasteiger partial charge in [-0.05, 0) is 43.2 Å². The van der Waals surface area contributed by atoms with Crippen molar-refractivity contribution in [2.24, 2.45) is 0 Å². The molecule has 1 fully saturated rings. The van der Waals surface area contributed by atoms with Crippen molar-refractivity contribution in [2.75, 3.05) is 0 Å². The molecule has 0 radical (unpaired) electrons. The molecule has 0 atom stereocenters. The average Bonchev–Trinajstić information content (AvgIpc) is 3.28. The van der Waals surface area contributed by atoms with Crippen LogP contribution in [0.5, 0.6) is 5.75 Å². The minimum absolute atomic E-state index is 0.0709. The molecule has 0 unspecified atom stereocenters. The summed E-state index contributed by atoms with van der Waals surface area (Å²) in [5, 5.41) is 18.6. The Hall–Kier alpha value is -2.70. The molecule has 4 rings (SSSR count). The van der Waals surface area contributed by atoms with Crippen molar-refractivity contribution in [1.29, 1.82) is 0 Å². The average molecular weight is 317 g/mol. The molecule has 1 aromatic rings. The number of pyridine rings is 1. The molecule has 7 heteroatoms. The molecule has 0 spiro atoms. The van der Waals surface area contributed by atoms with Gasteiger partial charge in [-0.15, -0.1) is 0 Å². The third-order valence-corrected chi connectivity index (χ3v) is 3.93. The number of rotatable bonds is 4. The quantitative estimate of drug-likeness (QED) is 0.744. The summed E-state index contributed by atoms with van der Waals surface area (Å²) in [4.78, 5) is 0. The second kappa shape index (κ2) is 5.19. The van der Waals surface area contributed by atoms with E-state index in [0.717, 1.165) is 28.8 Å². The highest BCUT2D eigenvalue weighted by Crippen LogP contribution is 2.46. The maximum Gasteiger partial charge on any atom is 0.387 e. The van der Waals surface area contributed by atoms with E-state index in [4.69, 9.17) is 0 Å². The molecule has 118 valence electrons. The van der Waals surface area contributed by atoms with Gasteiger partial charge in [-0.3, -0.25) is 0 Å². The zero-order valence-corrected chi connectivity index (χ0v) is 12.0. The maximum absolute atomic E-state index is 12.2. The number of ether oxygens (including phenoxy) is 1. The van der Waals surface area contributed by atoms with Crippen molar-refractivity contribution in [2.45, 2.75) is 25.4 Å². The summed E-state index contributed by atoms with van der Waals surface area (Å²) in [7, 11) is 0. The Morgan fingerprint density at radius 2 is 1.87 bits per heavy atom. The van der Waals surface area contributed by atoms with Gasteiger partial charge in [0.15, 0.2) is 0 Å². The molecular weight excluding hydrogens is 304 g/mol. The van der Waals surface area contributed by atoms with Gasteiger partial charge in [0.25, 0.3) is 0 Å². The van der Waals surface area contributed by atoms with E-state index < -0.39 is 6.61 Å². The fourth-order valence-electron chi connectivity index (χ4n) is 2.74. The minimum atomic E-state index is -2.86. The van der Waals surface area contributed by atoms with Crippen molar-refractivity contribution in [3.8, 4) is 28.3 Å². The molecule has 5 nitrogen and oxygen atoms in total. The first-order chi connectivity index (χ1) is 11.1. The van der Waals surface area contributed by atoms with Crippen LogP contribution in [0.3, 0.4) is 0 Å². The van der Waals surface area contributed by atoms with E-state index in [2.05, 4.69) is 14.9 Å². The molecule has 2 heterocycles. The van der Waals surface area contributed by atoms with Gasteiger partial charge in [-0.2, -0.15) is 23.7 Å². The first-order valence-corrected chi connectivity index (χ1v) is 7.25. The first kappa shape index (κ1) is 13.9. The number of aromatic nitrogens is 3. The second-order valence-electron chi connectivity index (χ2n) is 5.53. The van der Waals surface area contributed by atoms with E-state index >= 15 is 0 Å². The molecule has 2 aliphatic heterocycles. The molecule has 1 aliphatic carbocycles. The maximum atomic E-state index is 12.2. The number of nitrogens with zero attached hydrogens (tertiary/aromatic N) is 3. The van der Waals surface area contributed by atoms with Gasteiger partial charge in [0.1, 0.15) is 5.75 Å². The topological polar surface area (TPSA) is 60.2 Å². The van der Waals surface area contributed by atoms with E-state index in [1.54, 1.807) is 18.2 Å². The fraction of sp³-hybridized carbons (Fsp3) is 0.250. The highest BCUT2D eigenvalue weighted by atomic mass is 19.3. The Morgan fingerprint density at radius 1 is 1.13 bits per heavy atom. The molecule has 0 amide bonds. The monoisotopic (exact) mass is 317 g/mol. The standard InChI is InChI=1S/C16H13F2N3O2/c17-16(18)23-11-5-3-10(4-6-11)15-13-12(7-8-21(15)22)19-20-14(13)9-1-2-9/h3-9,16,22H,1-2H2. The molecule has 1 saturated carbocycles. The number of hydrogen-bond donors (Lipinski definition) is 1. The third-order valence-electron chi connectivity index (χ3n) is 3.93. The normalized spacial score (nSPS) is 14.6. The molecule has 1 aromatic carbocycles. The Bertz CT molecular complexity index is 813. The largest absolute Gasteiger partial charge is 0.435 e. The van der Waals surface area contributed by atoms with Crippen LogP contribution in [0.4, 0.5) is 8.78 Å². The van der Waals surface area contributed by atoms with E-state index in [1.807, 2.05) is 0 Å². The number of fused-ring (bicyclic) bond motifs is 1. The van der Waals surface area contributed by atoms with Crippen LogP contribution in [0.15, 0.2) is 36.5 Å². The van der Waals surface area contributed by atoms with E-state index in [0.29, 0.717) is 22.9 Å². The van der Waals surface area contributed by atoms with Gasteiger partial charge in [0, 0.05) is 17.7 Å². The van der Waals surface area contributed by atoms with Gasteiger partial charge in [-0.1, -0.05) is 0 Å². The molecular formula is C16H13F2N3O2. The van der Waals surface area contributed by atoms with Gasteiger partial charge in [-0.25, -0.2) is 0 Å². The molecule has 1 N–H and O–H groups in total. The predicted molar refractivity (Wildman–Crippen MR) is 77.9 cm³/mol. The van der Waals surface area contributed by atoms with Crippen LogP contribution in [0.1, 0.15) is 24.5 Å². The van der Waals surface area contributed by atoms with Crippen molar-refractivity contribution in [3.05, 3.63) is 42.2 Å². The van der Waals surface area contributed by atoms with Crippen LogP contribution in [0.25, 0.3) is 22.5 Å². The Morgan fingerprint density at radius 3 is 2.52 bits per heavy atom. The van der Waals surface area contributed by atoms with E-state index in [1.165, 1.54) is 18.3 Å². The van der Waals surface area contributed by atoms with Crippen LogP contribution < -0.4 is 4.74 Å². The molecule has 0 saturated heterocycles. The summed E-state index contributed by atoms with van der Waals surface area (Å²) in [6.45, 7) is -2.86. The van der Waals surface area contributed by atoms with Crippen molar-refractivity contribution >= 4 is 0 Å². The number of hydrogen-bond acceptors (Lipinski definition) is 4. The van der Waals surface area contributed by atoms with Crippen LogP contribution in [-0.2, 0) is 0 Å². The molecule has 3 aliphatic rings. The summed E-state index contributed by atoms with van der Waals surface area (Å²) in [6, 6.07) is 7.85. The van der Waals surface area contributed by atoms with Gasteiger partial charge in [0.2, 0.25) is 0 Å².